The first-order valence-electron chi connectivity index (χ1n) is 7.70. The Morgan fingerprint density at radius 3 is 2.96 bits per heavy atom. The molecule has 0 amide bonds. The van der Waals surface area contributed by atoms with E-state index in [2.05, 4.69) is 23.5 Å². The molecule has 0 spiro atoms. The van der Waals surface area contributed by atoms with E-state index in [4.69, 9.17) is 11.6 Å². The number of nitro groups is 1. The van der Waals surface area contributed by atoms with Crippen molar-refractivity contribution >= 4 is 28.2 Å². The molecule has 1 heterocycles. The molecule has 0 radical (unpaired) electrons. The molecule has 130 valence electrons. The second-order valence-electron chi connectivity index (χ2n) is 5.24. The number of rotatable bonds is 9. The highest BCUT2D eigenvalue weighted by atomic mass is 35.5. The average molecular weight is 359 g/mol. The Labute approximate surface area is 151 Å². The van der Waals surface area contributed by atoms with Crippen LogP contribution in [0.1, 0.15) is 6.42 Å². The van der Waals surface area contributed by atoms with E-state index < -0.39 is 4.92 Å². The lowest BCUT2D eigenvalue weighted by molar-refractivity contribution is -0.443. The standard InChI is InChI=1S/C18H19ClN4O2/c1-3-4-11-22(14(2)23(24)25)12-5-9-20-17-8-10-21-18-13-15(19)6-7-16(17)18/h3-4,6-8,10-11,13H,1-2,5,9,12H2,(H,20,21)/b11-4-. The molecule has 6 nitrogen and oxygen atoms in total. The zero-order valence-corrected chi connectivity index (χ0v) is 14.4. The van der Waals surface area contributed by atoms with Crippen LogP contribution in [0, 0.1) is 10.1 Å². The van der Waals surface area contributed by atoms with E-state index >= 15 is 0 Å². The minimum Gasteiger partial charge on any atom is -0.384 e. The van der Waals surface area contributed by atoms with Gasteiger partial charge in [-0.1, -0.05) is 24.3 Å². The molecule has 1 N–H and O–H groups in total. The maximum atomic E-state index is 10.9. The number of allylic oxidation sites excluding steroid dienone is 2. The lowest BCUT2D eigenvalue weighted by Gasteiger charge is -2.14. The van der Waals surface area contributed by atoms with Gasteiger partial charge in [0.1, 0.15) is 0 Å². The second-order valence-corrected chi connectivity index (χ2v) is 5.68. The average Bonchev–Trinajstić information content (AvgIpc) is 2.60. The number of fused-ring (bicyclic) bond motifs is 1. The quantitative estimate of drug-likeness (QED) is 0.310. The lowest BCUT2D eigenvalue weighted by Crippen LogP contribution is -2.23. The summed E-state index contributed by atoms with van der Waals surface area (Å²) >= 11 is 5.99. The van der Waals surface area contributed by atoms with Crippen LogP contribution in [0.5, 0.6) is 0 Å². The molecule has 0 atom stereocenters. The molecule has 0 aliphatic heterocycles. The van der Waals surface area contributed by atoms with Crippen molar-refractivity contribution in [1.29, 1.82) is 0 Å². The highest BCUT2D eigenvalue weighted by Crippen LogP contribution is 2.24. The third kappa shape index (κ3) is 5.06. The van der Waals surface area contributed by atoms with Crippen LogP contribution >= 0.6 is 11.6 Å². The summed E-state index contributed by atoms with van der Waals surface area (Å²) in [6, 6.07) is 7.44. The SMILES string of the molecule is C=C/C=C\N(CCCNc1ccnc2cc(Cl)ccc12)C(=C)[N+](=O)[O-]. The van der Waals surface area contributed by atoms with E-state index in [-0.39, 0.29) is 5.82 Å². The molecular formula is C18H19ClN4O2. The van der Waals surface area contributed by atoms with Crippen molar-refractivity contribution in [1.82, 2.24) is 9.88 Å². The summed E-state index contributed by atoms with van der Waals surface area (Å²) in [4.78, 5) is 16.2. The molecule has 0 saturated heterocycles. The Hall–Kier alpha value is -2.86. The van der Waals surface area contributed by atoms with Crippen molar-refractivity contribution in [3.63, 3.8) is 0 Å². The molecule has 2 rings (SSSR count). The molecular weight excluding hydrogens is 340 g/mol. The van der Waals surface area contributed by atoms with Gasteiger partial charge in [0.05, 0.1) is 18.3 Å². The van der Waals surface area contributed by atoms with Crippen molar-refractivity contribution in [2.75, 3.05) is 18.4 Å². The third-order valence-electron chi connectivity index (χ3n) is 3.54. The van der Waals surface area contributed by atoms with Crippen LogP contribution in [-0.4, -0.2) is 27.9 Å². The molecule has 25 heavy (non-hydrogen) atoms. The monoisotopic (exact) mass is 358 g/mol. The van der Waals surface area contributed by atoms with Gasteiger partial charge in [-0.25, -0.2) is 4.90 Å². The number of benzene rings is 1. The van der Waals surface area contributed by atoms with Crippen LogP contribution < -0.4 is 5.32 Å². The van der Waals surface area contributed by atoms with Gasteiger partial charge in [-0.2, -0.15) is 0 Å². The van der Waals surface area contributed by atoms with E-state index in [9.17, 15) is 10.1 Å². The number of nitrogens with zero attached hydrogens (tertiary/aromatic N) is 3. The summed E-state index contributed by atoms with van der Waals surface area (Å²) in [7, 11) is 0. The number of anilines is 1. The Bertz CT molecular complexity index is 820. The number of hydrogen-bond acceptors (Lipinski definition) is 5. The fraction of sp³-hybridized carbons (Fsp3) is 0.167. The van der Waals surface area contributed by atoms with Crippen molar-refractivity contribution < 1.29 is 4.92 Å². The highest BCUT2D eigenvalue weighted by molar-refractivity contribution is 6.31. The first kappa shape index (κ1) is 18.5. The van der Waals surface area contributed by atoms with Crippen LogP contribution in [0.25, 0.3) is 10.9 Å². The molecule has 2 aromatic rings. The van der Waals surface area contributed by atoms with E-state index in [1.165, 1.54) is 4.90 Å². The summed E-state index contributed by atoms with van der Waals surface area (Å²) in [5.41, 5.74) is 1.76. The van der Waals surface area contributed by atoms with Gasteiger partial charge >= 0.3 is 5.82 Å². The fourth-order valence-electron chi connectivity index (χ4n) is 2.31. The number of pyridine rings is 1. The van der Waals surface area contributed by atoms with Gasteiger partial charge in [0.2, 0.25) is 0 Å². The maximum Gasteiger partial charge on any atom is 0.315 e. The summed E-state index contributed by atoms with van der Waals surface area (Å²) in [6.07, 6.45) is 7.21. The number of halogens is 1. The number of hydrogen-bond donors (Lipinski definition) is 1. The normalized spacial score (nSPS) is 10.8. The highest BCUT2D eigenvalue weighted by Gasteiger charge is 2.14. The first-order valence-corrected chi connectivity index (χ1v) is 8.08. The molecule has 0 fully saturated rings. The van der Waals surface area contributed by atoms with Crippen molar-refractivity contribution in [3.8, 4) is 0 Å². The smallest absolute Gasteiger partial charge is 0.315 e. The summed E-state index contributed by atoms with van der Waals surface area (Å²) in [6.45, 7) is 8.17. The molecule has 0 unspecified atom stereocenters. The number of nitrogens with one attached hydrogen (secondary N) is 1. The van der Waals surface area contributed by atoms with Crippen LogP contribution in [0.4, 0.5) is 5.69 Å². The van der Waals surface area contributed by atoms with E-state index in [1.807, 2.05) is 24.3 Å². The minimum absolute atomic E-state index is 0.165. The largest absolute Gasteiger partial charge is 0.384 e. The van der Waals surface area contributed by atoms with E-state index in [0.717, 1.165) is 16.6 Å². The molecule has 7 heteroatoms. The first-order chi connectivity index (χ1) is 12.0. The van der Waals surface area contributed by atoms with Gasteiger partial charge in [0.25, 0.3) is 0 Å². The summed E-state index contributed by atoms with van der Waals surface area (Å²) in [5, 5.41) is 15.9. The summed E-state index contributed by atoms with van der Waals surface area (Å²) < 4.78 is 0. The van der Waals surface area contributed by atoms with Crippen LogP contribution in [0.3, 0.4) is 0 Å². The molecule has 1 aromatic heterocycles. The fourth-order valence-corrected chi connectivity index (χ4v) is 2.47. The van der Waals surface area contributed by atoms with Crippen molar-refractivity contribution in [2.45, 2.75) is 6.42 Å². The van der Waals surface area contributed by atoms with Crippen LogP contribution in [0.2, 0.25) is 5.02 Å². The van der Waals surface area contributed by atoms with Gasteiger partial charge in [0.15, 0.2) is 0 Å². The lowest BCUT2D eigenvalue weighted by atomic mass is 10.2. The Morgan fingerprint density at radius 1 is 1.44 bits per heavy atom. The second kappa shape index (κ2) is 8.84. The zero-order valence-electron chi connectivity index (χ0n) is 13.7. The molecule has 1 aromatic carbocycles. The van der Waals surface area contributed by atoms with Crippen LogP contribution in [0.15, 0.2) is 67.8 Å². The zero-order chi connectivity index (χ0) is 18.2. The molecule has 0 saturated carbocycles. The maximum absolute atomic E-state index is 10.9. The Balaban J connectivity index is 1.98. The summed E-state index contributed by atoms with van der Waals surface area (Å²) in [5.74, 6) is -0.165. The third-order valence-corrected chi connectivity index (χ3v) is 3.78. The van der Waals surface area contributed by atoms with Crippen molar-refractivity contribution in [2.24, 2.45) is 0 Å². The van der Waals surface area contributed by atoms with Gasteiger partial charge in [-0.3, -0.25) is 4.98 Å². The van der Waals surface area contributed by atoms with Crippen LogP contribution in [-0.2, 0) is 0 Å². The molecule has 0 aliphatic carbocycles. The Kier molecular flexibility index (Phi) is 6.54. The molecule has 0 bridgehead atoms. The van der Waals surface area contributed by atoms with Gasteiger partial charge in [0, 0.05) is 35.3 Å². The van der Waals surface area contributed by atoms with E-state index in [0.29, 0.717) is 24.5 Å². The topological polar surface area (TPSA) is 71.3 Å². The van der Waals surface area contributed by atoms with E-state index in [1.54, 1.807) is 24.5 Å². The van der Waals surface area contributed by atoms with Crippen molar-refractivity contribution in [3.05, 3.63) is 82.9 Å². The number of aromatic nitrogens is 1. The van der Waals surface area contributed by atoms with Gasteiger partial charge < -0.3 is 15.4 Å². The Morgan fingerprint density at radius 2 is 2.24 bits per heavy atom. The minimum atomic E-state index is -0.499. The van der Waals surface area contributed by atoms with Gasteiger partial charge in [-0.05, 0) is 41.8 Å². The predicted molar refractivity (Wildman–Crippen MR) is 102 cm³/mol. The predicted octanol–water partition coefficient (Wildman–Crippen LogP) is 4.44. The van der Waals surface area contributed by atoms with Gasteiger partial charge in [-0.15, -0.1) is 0 Å². The molecule has 0 aliphatic rings.